The highest BCUT2D eigenvalue weighted by molar-refractivity contribution is 6.30. The summed E-state index contributed by atoms with van der Waals surface area (Å²) in [6.07, 6.45) is 2.68. The number of nitrogens with zero attached hydrogens (tertiary/aromatic N) is 5. The van der Waals surface area contributed by atoms with E-state index in [1.54, 1.807) is 6.92 Å². The molecule has 34 heavy (non-hydrogen) atoms. The molecule has 0 aliphatic heterocycles. The van der Waals surface area contributed by atoms with Crippen molar-refractivity contribution >= 4 is 17.6 Å². The first-order valence-corrected chi connectivity index (χ1v) is 11.5. The number of ether oxygens (including phenoxy) is 1. The number of hydrogen-bond donors (Lipinski definition) is 2. The molecule has 0 saturated heterocycles. The average Bonchev–Trinajstić information content (AvgIpc) is 3.48. The van der Waals surface area contributed by atoms with Crippen LogP contribution in [-0.4, -0.2) is 42.2 Å². The highest BCUT2D eigenvalue weighted by Crippen LogP contribution is 2.31. The largest absolute Gasteiger partial charge is 0.405 e. The van der Waals surface area contributed by atoms with E-state index in [9.17, 15) is 4.79 Å². The van der Waals surface area contributed by atoms with Gasteiger partial charge in [0.1, 0.15) is 11.9 Å². The molecule has 10 heteroatoms. The van der Waals surface area contributed by atoms with Crippen LogP contribution in [0.25, 0.3) is 22.5 Å². The summed E-state index contributed by atoms with van der Waals surface area (Å²) < 4.78 is 7.35. The SMILES string of the molecule is CCCCc1nc(Cl)c(OC(=O)[C@@H](C)N)n1Cc1ccc(-c2ccccc2-c2nn[nH]n2)cc1. The summed E-state index contributed by atoms with van der Waals surface area (Å²) in [5.41, 5.74) is 9.59. The number of hydrogen-bond acceptors (Lipinski definition) is 7. The van der Waals surface area contributed by atoms with Crippen LogP contribution < -0.4 is 10.5 Å². The fraction of sp³-hybridized carbons (Fsp3) is 0.292. The number of rotatable bonds is 9. The summed E-state index contributed by atoms with van der Waals surface area (Å²) in [6, 6.07) is 15.2. The van der Waals surface area contributed by atoms with Gasteiger partial charge in [-0.15, -0.1) is 10.2 Å². The summed E-state index contributed by atoms with van der Waals surface area (Å²) in [6.45, 7) is 4.13. The molecule has 2 aromatic carbocycles. The zero-order valence-corrected chi connectivity index (χ0v) is 19.8. The number of aromatic nitrogens is 6. The van der Waals surface area contributed by atoms with Crippen LogP contribution in [0, 0.1) is 0 Å². The van der Waals surface area contributed by atoms with Crippen LogP contribution in [0.3, 0.4) is 0 Å². The van der Waals surface area contributed by atoms with E-state index in [0.29, 0.717) is 12.4 Å². The standard InChI is InChI=1S/C24H26ClN7O2/c1-3-4-9-20-27-21(25)23(34-24(33)15(2)26)32(20)14-16-10-12-17(13-11-16)18-7-5-6-8-19(18)22-28-30-31-29-22/h5-8,10-13,15H,3-4,9,14,26H2,1-2H3,(H,28,29,30,31)/t15-/m1/s1. The summed E-state index contributed by atoms with van der Waals surface area (Å²) in [7, 11) is 0. The molecule has 2 heterocycles. The highest BCUT2D eigenvalue weighted by Gasteiger charge is 2.22. The molecule has 2 aromatic heterocycles. The average molecular weight is 480 g/mol. The molecule has 0 fully saturated rings. The van der Waals surface area contributed by atoms with Gasteiger partial charge in [-0.1, -0.05) is 73.5 Å². The number of carbonyl (C=O) groups excluding carboxylic acids is 1. The second-order valence-corrected chi connectivity index (χ2v) is 8.36. The van der Waals surface area contributed by atoms with E-state index in [-0.39, 0.29) is 11.0 Å². The third-order valence-corrected chi connectivity index (χ3v) is 5.65. The Kier molecular flexibility index (Phi) is 7.34. The van der Waals surface area contributed by atoms with Crippen LogP contribution in [0.15, 0.2) is 48.5 Å². The van der Waals surface area contributed by atoms with Crippen LogP contribution in [0.4, 0.5) is 0 Å². The Morgan fingerprint density at radius 1 is 1.18 bits per heavy atom. The van der Waals surface area contributed by atoms with Crippen molar-refractivity contribution in [1.82, 2.24) is 30.2 Å². The van der Waals surface area contributed by atoms with E-state index in [1.165, 1.54) is 0 Å². The van der Waals surface area contributed by atoms with Gasteiger partial charge in [-0.25, -0.2) is 9.78 Å². The van der Waals surface area contributed by atoms with Gasteiger partial charge < -0.3 is 10.5 Å². The summed E-state index contributed by atoms with van der Waals surface area (Å²) >= 11 is 6.35. The molecule has 4 rings (SSSR count). The van der Waals surface area contributed by atoms with Crippen molar-refractivity contribution in [3.05, 3.63) is 65.1 Å². The quantitative estimate of drug-likeness (QED) is 0.347. The van der Waals surface area contributed by atoms with Gasteiger partial charge in [-0.05, 0) is 35.2 Å². The molecule has 0 amide bonds. The van der Waals surface area contributed by atoms with Crippen LogP contribution in [-0.2, 0) is 17.8 Å². The predicted octanol–water partition coefficient (Wildman–Crippen LogP) is 4.03. The van der Waals surface area contributed by atoms with Gasteiger partial charge in [0.15, 0.2) is 5.15 Å². The van der Waals surface area contributed by atoms with Crippen molar-refractivity contribution in [2.24, 2.45) is 5.73 Å². The third-order valence-electron chi connectivity index (χ3n) is 5.40. The van der Waals surface area contributed by atoms with Crippen LogP contribution in [0.1, 0.15) is 38.1 Å². The molecule has 0 spiro atoms. The first-order valence-electron chi connectivity index (χ1n) is 11.1. The van der Waals surface area contributed by atoms with Crippen LogP contribution in [0.2, 0.25) is 5.15 Å². The van der Waals surface area contributed by atoms with E-state index < -0.39 is 12.0 Å². The molecular formula is C24H26ClN7O2. The molecule has 176 valence electrons. The topological polar surface area (TPSA) is 125 Å². The molecule has 4 aromatic rings. The van der Waals surface area contributed by atoms with E-state index in [2.05, 4.69) is 32.5 Å². The minimum atomic E-state index is -0.767. The third kappa shape index (κ3) is 5.16. The number of benzene rings is 2. The molecule has 0 aliphatic carbocycles. The molecular weight excluding hydrogens is 454 g/mol. The molecule has 1 atom stereocenters. The first kappa shape index (κ1) is 23.6. The number of nitrogens with two attached hydrogens (primary N) is 1. The minimum Gasteiger partial charge on any atom is -0.405 e. The molecule has 0 aliphatic rings. The predicted molar refractivity (Wildman–Crippen MR) is 129 cm³/mol. The summed E-state index contributed by atoms with van der Waals surface area (Å²) in [4.78, 5) is 16.6. The van der Waals surface area contributed by atoms with Crippen molar-refractivity contribution in [3.63, 3.8) is 0 Å². The number of aryl methyl sites for hydroxylation is 1. The zero-order valence-electron chi connectivity index (χ0n) is 19.0. The number of H-pyrrole nitrogens is 1. The summed E-state index contributed by atoms with van der Waals surface area (Å²) in [5.74, 6) is 0.972. The van der Waals surface area contributed by atoms with E-state index >= 15 is 0 Å². The monoisotopic (exact) mass is 479 g/mol. The maximum absolute atomic E-state index is 12.2. The van der Waals surface area contributed by atoms with Gasteiger partial charge in [0.25, 0.3) is 0 Å². The lowest BCUT2D eigenvalue weighted by atomic mass is 9.98. The Balaban J connectivity index is 1.63. The summed E-state index contributed by atoms with van der Waals surface area (Å²) in [5, 5.41) is 14.5. The van der Waals surface area contributed by atoms with E-state index in [1.807, 2.05) is 53.1 Å². The number of aromatic amines is 1. The number of carbonyl (C=O) groups is 1. The lowest BCUT2D eigenvalue weighted by Gasteiger charge is -2.14. The first-order chi connectivity index (χ1) is 16.5. The van der Waals surface area contributed by atoms with Crippen molar-refractivity contribution in [2.75, 3.05) is 0 Å². The van der Waals surface area contributed by atoms with Crippen LogP contribution in [0.5, 0.6) is 5.88 Å². The van der Waals surface area contributed by atoms with Crippen molar-refractivity contribution in [1.29, 1.82) is 0 Å². The number of unbranched alkanes of at least 4 members (excludes halogenated alkanes) is 1. The number of halogens is 1. The lowest BCUT2D eigenvalue weighted by Crippen LogP contribution is -2.31. The van der Waals surface area contributed by atoms with Gasteiger partial charge in [0, 0.05) is 12.0 Å². The Hall–Kier alpha value is -3.56. The maximum Gasteiger partial charge on any atom is 0.329 e. The molecule has 0 saturated carbocycles. The highest BCUT2D eigenvalue weighted by atomic mass is 35.5. The van der Waals surface area contributed by atoms with Gasteiger partial charge in [-0.3, -0.25) is 4.57 Å². The number of tetrazole rings is 1. The van der Waals surface area contributed by atoms with Crippen molar-refractivity contribution in [3.8, 4) is 28.4 Å². The number of nitrogens with one attached hydrogen (secondary N) is 1. The molecule has 0 bridgehead atoms. The normalized spacial score (nSPS) is 12.0. The van der Waals surface area contributed by atoms with Gasteiger partial charge in [0.05, 0.1) is 6.54 Å². The Bertz CT molecular complexity index is 1250. The van der Waals surface area contributed by atoms with Gasteiger partial charge >= 0.3 is 5.97 Å². The van der Waals surface area contributed by atoms with Gasteiger partial charge in [0.2, 0.25) is 11.7 Å². The second kappa shape index (κ2) is 10.6. The fourth-order valence-electron chi connectivity index (χ4n) is 3.60. The lowest BCUT2D eigenvalue weighted by molar-refractivity contribution is -0.135. The van der Waals surface area contributed by atoms with Crippen molar-refractivity contribution < 1.29 is 9.53 Å². The molecule has 0 radical (unpaired) electrons. The smallest absolute Gasteiger partial charge is 0.329 e. The molecule has 0 unspecified atom stereocenters. The van der Waals surface area contributed by atoms with Crippen molar-refractivity contribution in [2.45, 2.75) is 45.7 Å². The van der Waals surface area contributed by atoms with Crippen LogP contribution >= 0.6 is 11.6 Å². The molecule has 9 nitrogen and oxygen atoms in total. The van der Waals surface area contributed by atoms with Gasteiger partial charge in [-0.2, -0.15) is 5.21 Å². The minimum absolute atomic E-state index is 0.158. The van der Waals surface area contributed by atoms with E-state index in [0.717, 1.165) is 47.3 Å². The van der Waals surface area contributed by atoms with E-state index in [4.69, 9.17) is 22.1 Å². The maximum atomic E-state index is 12.2. The number of esters is 1. The Labute approximate surface area is 202 Å². The fourth-order valence-corrected chi connectivity index (χ4v) is 3.84. The number of imidazole rings is 1. The second-order valence-electron chi connectivity index (χ2n) is 8.00. The zero-order chi connectivity index (χ0) is 24.1. The Morgan fingerprint density at radius 3 is 2.56 bits per heavy atom. The Morgan fingerprint density at radius 2 is 1.91 bits per heavy atom. The molecule has 3 N–H and O–H groups in total.